The first-order chi connectivity index (χ1) is 9.50. The second-order valence-electron chi connectivity index (χ2n) is 5.94. The minimum absolute atomic E-state index is 0.181. The molecule has 2 bridgehead atoms. The fourth-order valence-corrected chi connectivity index (χ4v) is 4.06. The average Bonchev–Trinajstić information content (AvgIpc) is 3.02. The summed E-state index contributed by atoms with van der Waals surface area (Å²) in [5.41, 5.74) is 2.17. The number of nitrogens with zero attached hydrogens (tertiary/aromatic N) is 1. The molecule has 1 aromatic rings. The van der Waals surface area contributed by atoms with Crippen LogP contribution in [0.4, 0.5) is 13.2 Å². The van der Waals surface area contributed by atoms with Gasteiger partial charge in [-0.15, -0.1) is 0 Å². The quantitative estimate of drug-likeness (QED) is 0.663. The zero-order valence-electron chi connectivity index (χ0n) is 11.0. The van der Waals surface area contributed by atoms with Gasteiger partial charge < -0.3 is 0 Å². The summed E-state index contributed by atoms with van der Waals surface area (Å²) in [5.74, 6) is 6.92. The molecule has 4 atom stereocenters. The Morgan fingerprint density at radius 3 is 2.65 bits per heavy atom. The molecule has 0 spiro atoms. The molecule has 1 heterocycles. The van der Waals surface area contributed by atoms with Gasteiger partial charge in [0.25, 0.3) is 0 Å². The third-order valence-corrected chi connectivity index (χ3v) is 4.89. The van der Waals surface area contributed by atoms with E-state index in [-0.39, 0.29) is 11.5 Å². The molecular formula is C14H18F3N3. The number of hydrazine groups is 1. The van der Waals surface area contributed by atoms with Crippen LogP contribution in [0.3, 0.4) is 0 Å². The van der Waals surface area contributed by atoms with Gasteiger partial charge in [-0.3, -0.25) is 16.3 Å². The van der Waals surface area contributed by atoms with E-state index in [9.17, 15) is 13.2 Å². The van der Waals surface area contributed by atoms with Crippen molar-refractivity contribution in [3.8, 4) is 0 Å². The minimum Gasteiger partial charge on any atom is -0.271 e. The molecule has 0 saturated heterocycles. The largest absolute Gasteiger partial charge is 0.416 e. The molecule has 3 nitrogen and oxygen atoms in total. The second-order valence-corrected chi connectivity index (χ2v) is 5.94. The number of fused-ring (bicyclic) bond motifs is 2. The van der Waals surface area contributed by atoms with E-state index in [2.05, 4.69) is 10.4 Å². The van der Waals surface area contributed by atoms with Crippen LogP contribution in [0.5, 0.6) is 0 Å². The van der Waals surface area contributed by atoms with E-state index in [1.54, 1.807) is 0 Å². The van der Waals surface area contributed by atoms with Crippen LogP contribution < -0.4 is 11.3 Å². The molecule has 4 unspecified atom stereocenters. The maximum atomic E-state index is 13.1. The van der Waals surface area contributed by atoms with Crippen LogP contribution in [-0.4, -0.2) is 4.98 Å². The summed E-state index contributed by atoms with van der Waals surface area (Å²) >= 11 is 0. The highest BCUT2D eigenvalue weighted by Crippen LogP contribution is 2.53. The summed E-state index contributed by atoms with van der Waals surface area (Å²) in [4.78, 5) is 3.87. The van der Waals surface area contributed by atoms with Crippen LogP contribution in [0.25, 0.3) is 0 Å². The summed E-state index contributed by atoms with van der Waals surface area (Å²) in [5, 5.41) is 0. The van der Waals surface area contributed by atoms with Crippen LogP contribution in [0.1, 0.15) is 42.9 Å². The molecule has 0 amide bonds. The first-order valence-electron chi connectivity index (χ1n) is 6.98. The smallest absolute Gasteiger partial charge is 0.271 e. The van der Waals surface area contributed by atoms with Gasteiger partial charge >= 0.3 is 6.18 Å². The topological polar surface area (TPSA) is 50.9 Å². The zero-order chi connectivity index (χ0) is 14.3. The summed E-state index contributed by atoms with van der Waals surface area (Å²) in [7, 11) is 0. The van der Waals surface area contributed by atoms with E-state index in [1.165, 1.54) is 18.8 Å². The lowest BCUT2D eigenvalue weighted by Crippen LogP contribution is -2.37. The summed E-state index contributed by atoms with van der Waals surface area (Å²) < 4.78 is 39.4. The molecule has 0 aromatic carbocycles. The molecule has 0 aliphatic heterocycles. The number of rotatable bonds is 3. The second kappa shape index (κ2) is 5.00. The van der Waals surface area contributed by atoms with Gasteiger partial charge in [-0.1, -0.05) is 6.42 Å². The number of alkyl halides is 3. The van der Waals surface area contributed by atoms with Crippen LogP contribution in [-0.2, 0) is 6.18 Å². The molecule has 2 aliphatic carbocycles. The van der Waals surface area contributed by atoms with Crippen molar-refractivity contribution in [2.45, 2.75) is 37.9 Å². The van der Waals surface area contributed by atoms with Gasteiger partial charge in [-0.2, -0.15) is 13.2 Å². The van der Waals surface area contributed by atoms with Crippen molar-refractivity contribution < 1.29 is 13.2 Å². The number of hydrogen-bond donors (Lipinski definition) is 2. The number of nitrogens with two attached hydrogens (primary N) is 1. The number of aromatic nitrogens is 1. The number of pyridine rings is 1. The Morgan fingerprint density at radius 1 is 1.30 bits per heavy atom. The molecule has 110 valence electrons. The molecule has 2 saturated carbocycles. The van der Waals surface area contributed by atoms with E-state index in [0.717, 1.165) is 25.3 Å². The Morgan fingerprint density at radius 2 is 2.10 bits per heavy atom. The van der Waals surface area contributed by atoms with Crippen molar-refractivity contribution in [3.63, 3.8) is 0 Å². The molecule has 0 radical (unpaired) electrons. The van der Waals surface area contributed by atoms with Crippen molar-refractivity contribution in [1.29, 1.82) is 0 Å². The normalized spacial score (nSPS) is 30.7. The lowest BCUT2D eigenvalue weighted by atomic mass is 9.80. The van der Waals surface area contributed by atoms with E-state index in [0.29, 0.717) is 11.8 Å². The van der Waals surface area contributed by atoms with E-state index >= 15 is 0 Å². The molecule has 1 aromatic heterocycles. The van der Waals surface area contributed by atoms with E-state index < -0.39 is 17.8 Å². The Balaban J connectivity index is 1.94. The average molecular weight is 285 g/mol. The van der Waals surface area contributed by atoms with Crippen LogP contribution in [0.15, 0.2) is 18.5 Å². The van der Waals surface area contributed by atoms with E-state index in [4.69, 9.17) is 5.84 Å². The van der Waals surface area contributed by atoms with Gasteiger partial charge in [0.2, 0.25) is 0 Å². The van der Waals surface area contributed by atoms with Crippen LogP contribution in [0.2, 0.25) is 0 Å². The lowest BCUT2D eigenvalue weighted by Gasteiger charge is -2.31. The SMILES string of the molecule is NNC(c1cnccc1C(F)(F)F)C1CC2CCC1C2. The first-order valence-corrected chi connectivity index (χ1v) is 6.98. The van der Waals surface area contributed by atoms with E-state index in [1.807, 2.05) is 0 Å². The lowest BCUT2D eigenvalue weighted by molar-refractivity contribution is -0.138. The Hall–Kier alpha value is -1.14. The Bertz CT molecular complexity index is 489. The van der Waals surface area contributed by atoms with Crippen molar-refractivity contribution in [2.75, 3.05) is 0 Å². The molecule has 2 aliphatic rings. The van der Waals surface area contributed by atoms with Crippen molar-refractivity contribution in [1.82, 2.24) is 10.4 Å². The molecule has 3 rings (SSSR count). The van der Waals surface area contributed by atoms with Gasteiger partial charge in [-0.05, 0) is 43.1 Å². The third kappa shape index (κ3) is 2.31. The maximum absolute atomic E-state index is 13.1. The highest BCUT2D eigenvalue weighted by atomic mass is 19.4. The molecule has 3 N–H and O–H groups in total. The Kier molecular flexibility index (Phi) is 3.46. The number of hydrogen-bond acceptors (Lipinski definition) is 3. The summed E-state index contributed by atoms with van der Waals surface area (Å²) in [6.45, 7) is 0. The number of nitrogens with one attached hydrogen (secondary N) is 1. The van der Waals surface area contributed by atoms with Crippen LogP contribution >= 0.6 is 0 Å². The van der Waals surface area contributed by atoms with Gasteiger partial charge in [0.05, 0.1) is 11.6 Å². The highest BCUT2D eigenvalue weighted by molar-refractivity contribution is 5.30. The standard InChI is InChI=1S/C14H18F3N3/c15-14(16,17)12-3-4-19-7-11(12)13(20-18)10-6-8-1-2-9(10)5-8/h3-4,7-10,13,20H,1-2,5-6,18H2. The van der Waals surface area contributed by atoms with Crippen molar-refractivity contribution >= 4 is 0 Å². The molecule has 6 heteroatoms. The maximum Gasteiger partial charge on any atom is 0.416 e. The van der Waals surface area contributed by atoms with Gasteiger partial charge in [0, 0.05) is 18.0 Å². The first kappa shape index (κ1) is 13.8. The third-order valence-electron chi connectivity index (χ3n) is 4.89. The van der Waals surface area contributed by atoms with Crippen LogP contribution in [0, 0.1) is 17.8 Å². The van der Waals surface area contributed by atoms with Gasteiger partial charge in [0.1, 0.15) is 0 Å². The molecular weight excluding hydrogens is 267 g/mol. The van der Waals surface area contributed by atoms with Crippen molar-refractivity contribution in [3.05, 3.63) is 29.6 Å². The fourth-order valence-electron chi connectivity index (χ4n) is 4.06. The van der Waals surface area contributed by atoms with Gasteiger partial charge in [0.15, 0.2) is 0 Å². The highest BCUT2D eigenvalue weighted by Gasteiger charge is 2.45. The molecule has 2 fully saturated rings. The predicted molar refractivity (Wildman–Crippen MR) is 68.2 cm³/mol. The fraction of sp³-hybridized carbons (Fsp3) is 0.643. The molecule has 20 heavy (non-hydrogen) atoms. The summed E-state index contributed by atoms with van der Waals surface area (Å²) in [6, 6.07) is 0.572. The van der Waals surface area contributed by atoms with Gasteiger partial charge in [-0.25, -0.2) is 0 Å². The zero-order valence-corrected chi connectivity index (χ0v) is 11.0. The minimum atomic E-state index is -4.37. The monoisotopic (exact) mass is 285 g/mol. The van der Waals surface area contributed by atoms with Crippen molar-refractivity contribution in [2.24, 2.45) is 23.6 Å². The number of halogens is 3. The predicted octanol–water partition coefficient (Wildman–Crippen LogP) is 3.04. The summed E-state index contributed by atoms with van der Waals surface area (Å²) in [6.07, 6.45) is 2.52. The Labute approximate surface area is 115 Å².